The molecule has 0 unspecified atom stereocenters. The van der Waals surface area contributed by atoms with Crippen molar-refractivity contribution in [3.05, 3.63) is 34.9 Å². The topological polar surface area (TPSA) is 70.6 Å². The van der Waals surface area contributed by atoms with Gasteiger partial charge in [0.2, 0.25) is 5.91 Å². The Kier molecular flexibility index (Phi) is 3.94. The van der Waals surface area contributed by atoms with Crippen molar-refractivity contribution in [1.29, 1.82) is 0 Å². The summed E-state index contributed by atoms with van der Waals surface area (Å²) in [6, 6.07) is 6.09. The summed E-state index contributed by atoms with van der Waals surface area (Å²) in [5, 5.41) is 6.57. The first-order chi connectivity index (χ1) is 9.06. The van der Waals surface area contributed by atoms with Gasteiger partial charge in [0.1, 0.15) is 5.71 Å². The molecule has 0 radical (unpaired) electrons. The Balaban J connectivity index is 1.93. The van der Waals surface area contributed by atoms with Crippen molar-refractivity contribution < 1.29 is 9.59 Å². The Bertz CT molecular complexity index is 550. The second-order valence-electron chi connectivity index (χ2n) is 4.69. The highest BCUT2D eigenvalue weighted by Crippen LogP contribution is 2.09. The SMILES string of the molecule is Cc1ccc(CNC(=O)C2=NNC(=O)CC2)cc1C. The molecule has 2 N–H and O–H groups in total. The Labute approximate surface area is 112 Å². The average molecular weight is 259 g/mol. The van der Waals surface area contributed by atoms with Gasteiger partial charge in [-0.25, -0.2) is 5.43 Å². The molecule has 0 spiro atoms. The van der Waals surface area contributed by atoms with Gasteiger partial charge in [-0.3, -0.25) is 9.59 Å². The smallest absolute Gasteiger partial charge is 0.267 e. The summed E-state index contributed by atoms with van der Waals surface area (Å²) in [5.41, 5.74) is 6.18. The molecular weight excluding hydrogens is 242 g/mol. The molecule has 5 nitrogen and oxygen atoms in total. The fraction of sp³-hybridized carbons (Fsp3) is 0.357. The molecule has 1 heterocycles. The van der Waals surface area contributed by atoms with Gasteiger partial charge in [0.05, 0.1) is 0 Å². The Hall–Kier alpha value is -2.17. The van der Waals surface area contributed by atoms with Crippen LogP contribution >= 0.6 is 0 Å². The number of hydrogen-bond acceptors (Lipinski definition) is 3. The summed E-state index contributed by atoms with van der Waals surface area (Å²) in [5.74, 6) is -0.371. The minimum atomic E-state index is -0.224. The molecule has 0 atom stereocenters. The first kappa shape index (κ1) is 13.3. The number of nitrogens with one attached hydrogen (secondary N) is 2. The third-order valence-electron chi connectivity index (χ3n) is 3.19. The van der Waals surface area contributed by atoms with Gasteiger partial charge in [0.15, 0.2) is 0 Å². The van der Waals surface area contributed by atoms with Crippen LogP contribution < -0.4 is 10.7 Å². The molecule has 5 heteroatoms. The maximum absolute atomic E-state index is 11.8. The van der Waals surface area contributed by atoms with Gasteiger partial charge in [-0.2, -0.15) is 5.10 Å². The van der Waals surface area contributed by atoms with E-state index in [1.807, 2.05) is 19.1 Å². The van der Waals surface area contributed by atoms with Gasteiger partial charge in [-0.1, -0.05) is 18.2 Å². The first-order valence-electron chi connectivity index (χ1n) is 6.26. The summed E-state index contributed by atoms with van der Waals surface area (Å²) in [4.78, 5) is 22.8. The average Bonchev–Trinajstić information content (AvgIpc) is 2.40. The molecule has 2 rings (SSSR count). The molecule has 0 saturated heterocycles. The number of hydrogen-bond donors (Lipinski definition) is 2. The molecule has 1 aliphatic heterocycles. The molecule has 1 aliphatic rings. The molecule has 2 amide bonds. The largest absolute Gasteiger partial charge is 0.347 e. The van der Waals surface area contributed by atoms with Crippen molar-refractivity contribution in [3.63, 3.8) is 0 Å². The zero-order valence-electron chi connectivity index (χ0n) is 11.1. The third-order valence-corrected chi connectivity index (χ3v) is 3.19. The summed E-state index contributed by atoms with van der Waals surface area (Å²) < 4.78 is 0. The summed E-state index contributed by atoms with van der Waals surface area (Å²) in [6.45, 7) is 4.56. The Morgan fingerprint density at radius 3 is 2.74 bits per heavy atom. The van der Waals surface area contributed by atoms with Crippen LogP contribution in [0.5, 0.6) is 0 Å². The highest BCUT2D eigenvalue weighted by molar-refractivity contribution is 6.39. The van der Waals surface area contributed by atoms with E-state index >= 15 is 0 Å². The van der Waals surface area contributed by atoms with Gasteiger partial charge in [0, 0.05) is 19.4 Å². The van der Waals surface area contributed by atoms with Crippen molar-refractivity contribution in [2.45, 2.75) is 33.2 Å². The summed E-state index contributed by atoms with van der Waals surface area (Å²) >= 11 is 0. The molecule has 0 saturated carbocycles. The second kappa shape index (κ2) is 5.65. The van der Waals surface area contributed by atoms with Gasteiger partial charge in [0.25, 0.3) is 5.91 Å². The van der Waals surface area contributed by atoms with Crippen molar-refractivity contribution in [2.75, 3.05) is 0 Å². The highest BCUT2D eigenvalue weighted by Gasteiger charge is 2.17. The summed E-state index contributed by atoms with van der Waals surface area (Å²) in [6.07, 6.45) is 0.709. The number of aryl methyl sites for hydroxylation is 2. The zero-order chi connectivity index (χ0) is 13.8. The third kappa shape index (κ3) is 3.40. The van der Waals surface area contributed by atoms with Crippen molar-refractivity contribution in [1.82, 2.24) is 10.7 Å². The van der Waals surface area contributed by atoms with Gasteiger partial charge >= 0.3 is 0 Å². The van der Waals surface area contributed by atoms with E-state index in [1.54, 1.807) is 0 Å². The molecular formula is C14H17N3O2. The van der Waals surface area contributed by atoms with E-state index in [-0.39, 0.29) is 11.8 Å². The van der Waals surface area contributed by atoms with Crippen LogP contribution in [0.25, 0.3) is 0 Å². The lowest BCUT2D eigenvalue weighted by molar-refractivity contribution is -0.121. The number of benzene rings is 1. The van der Waals surface area contributed by atoms with E-state index in [0.717, 1.165) is 5.56 Å². The van der Waals surface area contributed by atoms with E-state index in [0.29, 0.717) is 25.1 Å². The van der Waals surface area contributed by atoms with Crippen LogP contribution in [-0.4, -0.2) is 17.5 Å². The fourth-order valence-corrected chi connectivity index (χ4v) is 1.84. The predicted molar refractivity (Wildman–Crippen MR) is 72.6 cm³/mol. The lowest BCUT2D eigenvalue weighted by Crippen LogP contribution is -2.36. The molecule has 0 aliphatic carbocycles. The van der Waals surface area contributed by atoms with Crippen LogP contribution in [0.3, 0.4) is 0 Å². The maximum Gasteiger partial charge on any atom is 0.267 e. The van der Waals surface area contributed by atoms with Gasteiger partial charge in [-0.05, 0) is 30.5 Å². The van der Waals surface area contributed by atoms with E-state index < -0.39 is 0 Å². The molecule has 19 heavy (non-hydrogen) atoms. The number of amides is 2. The van der Waals surface area contributed by atoms with E-state index in [4.69, 9.17) is 0 Å². The molecule has 1 aromatic rings. The molecule has 100 valence electrons. The van der Waals surface area contributed by atoms with Crippen LogP contribution in [0.15, 0.2) is 23.3 Å². The minimum Gasteiger partial charge on any atom is -0.347 e. The standard InChI is InChI=1S/C14H17N3O2/c1-9-3-4-11(7-10(9)2)8-15-14(19)12-5-6-13(18)17-16-12/h3-4,7H,5-6,8H2,1-2H3,(H,15,19)(H,17,18). The van der Waals surface area contributed by atoms with Crippen molar-refractivity contribution in [2.24, 2.45) is 5.10 Å². The van der Waals surface area contributed by atoms with Gasteiger partial charge < -0.3 is 5.32 Å². The van der Waals surface area contributed by atoms with Crippen LogP contribution in [0, 0.1) is 13.8 Å². The number of nitrogens with zero attached hydrogens (tertiary/aromatic N) is 1. The monoisotopic (exact) mass is 259 g/mol. The van der Waals surface area contributed by atoms with E-state index in [1.165, 1.54) is 11.1 Å². The number of hydrazone groups is 1. The van der Waals surface area contributed by atoms with Gasteiger partial charge in [-0.15, -0.1) is 0 Å². The number of rotatable bonds is 3. The Morgan fingerprint density at radius 2 is 2.11 bits per heavy atom. The van der Waals surface area contributed by atoms with Crippen LogP contribution in [0.4, 0.5) is 0 Å². The van der Waals surface area contributed by atoms with Crippen LogP contribution in [0.2, 0.25) is 0 Å². The predicted octanol–water partition coefficient (Wildman–Crippen LogP) is 1.19. The molecule has 0 bridgehead atoms. The maximum atomic E-state index is 11.8. The van der Waals surface area contributed by atoms with Crippen LogP contribution in [-0.2, 0) is 16.1 Å². The highest BCUT2D eigenvalue weighted by atomic mass is 16.2. The second-order valence-corrected chi connectivity index (χ2v) is 4.69. The molecule has 0 aromatic heterocycles. The number of carbonyl (C=O) groups is 2. The number of carbonyl (C=O) groups excluding carboxylic acids is 2. The lowest BCUT2D eigenvalue weighted by Gasteiger charge is -2.12. The Morgan fingerprint density at radius 1 is 1.32 bits per heavy atom. The molecule has 0 fully saturated rings. The van der Waals surface area contributed by atoms with Crippen LogP contribution in [0.1, 0.15) is 29.5 Å². The van der Waals surface area contributed by atoms with Crippen molar-refractivity contribution >= 4 is 17.5 Å². The fourth-order valence-electron chi connectivity index (χ4n) is 1.84. The minimum absolute atomic E-state index is 0.147. The van der Waals surface area contributed by atoms with E-state index in [9.17, 15) is 9.59 Å². The summed E-state index contributed by atoms with van der Waals surface area (Å²) in [7, 11) is 0. The normalized spacial score (nSPS) is 14.6. The lowest BCUT2D eigenvalue weighted by atomic mass is 10.1. The first-order valence-corrected chi connectivity index (χ1v) is 6.26. The van der Waals surface area contributed by atoms with Crippen molar-refractivity contribution in [3.8, 4) is 0 Å². The molecule has 1 aromatic carbocycles. The quantitative estimate of drug-likeness (QED) is 0.856. The zero-order valence-corrected chi connectivity index (χ0v) is 11.1. The van der Waals surface area contributed by atoms with E-state index in [2.05, 4.69) is 28.8 Å².